The third-order valence-corrected chi connectivity index (χ3v) is 3.23. The largest absolute Gasteiger partial charge is 0.287 e. The lowest BCUT2D eigenvalue weighted by Gasteiger charge is -2.13. The maximum Gasteiger partial charge on any atom is 0.123 e. The Balaban J connectivity index is 1.94. The van der Waals surface area contributed by atoms with Gasteiger partial charge in [0, 0.05) is 18.7 Å². The van der Waals surface area contributed by atoms with E-state index in [0.29, 0.717) is 0 Å². The Morgan fingerprint density at radius 2 is 1.89 bits per heavy atom. The molecule has 3 heteroatoms. The summed E-state index contributed by atoms with van der Waals surface area (Å²) in [6.07, 6.45) is 2.75. The van der Waals surface area contributed by atoms with Gasteiger partial charge in [0.25, 0.3) is 0 Å². The molecule has 0 saturated heterocycles. The number of halogens is 1. The lowest BCUT2D eigenvalue weighted by Crippen LogP contribution is -2.11. The molecular formula is C15H13FN2. The molecule has 1 unspecified atom stereocenters. The number of nitrogens with zero attached hydrogens (tertiary/aromatic N) is 2. The number of hydrogen-bond donors (Lipinski definition) is 0. The van der Waals surface area contributed by atoms with E-state index < -0.39 is 0 Å². The van der Waals surface area contributed by atoms with Crippen molar-refractivity contribution >= 4 is 5.71 Å². The van der Waals surface area contributed by atoms with Crippen molar-refractivity contribution in [1.82, 2.24) is 4.98 Å². The summed E-state index contributed by atoms with van der Waals surface area (Å²) >= 11 is 0. The summed E-state index contributed by atoms with van der Waals surface area (Å²) in [4.78, 5) is 8.90. The van der Waals surface area contributed by atoms with Gasteiger partial charge in [0.1, 0.15) is 5.82 Å². The quantitative estimate of drug-likeness (QED) is 0.791. The van der Waals surface area contributed by atoms with Gasteiger partial charge in [0.05, 0.1) is 11.4 Å². The first kappa shape index (κ1) is 11.1. The van der Waals surface area contributed by atoms with Crippen molar-refractivity contribution in [3.63, 3.8) is 0 Å². The van der Waals surface area contributed by atoms with Crippen molar-refractivity contribution < 1.29 is 4.39 Å². The molecule has 1 atom stereocenters. The second-order valence-electron chi connectivity index (χ2n) is 4.37. The molecule has 2 aromatic rings. The highest BCUT2D eigenvalue weighted by Crippen LogP contribution is 2.29. The average molecular weight is 240 g/mol. The third-order valence-electron chi connectivity index (χ3n) is 3.23. The molecule has 3 rings (SSSR count). The molecule has 0 spiro atoms. The van der Waals surface area contributed by atoms with Gasteiger partial charge in [-0.3, -0.25) is 9.98 Å². The molecule has 1 aliphatic rings. The lowest BCUT2D eigenvalue weighted by atomic mass is 9.91. The van der Waals surface area contributed by atoms with Crippen LogP contribution in [0.3, 0.4) is 0 Å². The van der Waals surface area contributed by atoms with Crippen LogP contribution in [0, 0.1) is 5.82 Å². The van der Waals surface area contributed by atoms with E-state index in [-0.39, 0.29) is 11.7 Å². The molecule has 90 valence electrons. The molecule has 1 aromatic carbocycles. The van der Waals surface area contributed by atoms with E-state index in [1.54, 1.807) is 6.20 Å². The summed E-state index contributed by atoms with van der Waals surface area (Å²) in [6.45, 7) is 0.813. The van der Waals surface area contributed by atoms with Gasteiger partial charge in [0.2, 0.25) is 0 Å². The van der Waals surface area contributed by atoms with Crippen LogP contribution in [0.15, 0.2) is 53.7 Å². The molecule has 0 bridgehead atoms. The zero-order valence-electron chi connectivity index (χ0n) is 9.88. The van der Waals surface area contributed by atoms with Crippen LogP contribution in [-0.4, -0.2) is 17.2 Å². The van der Waals surface area contributed by atoms with Crippen LogP contribution >= 0.6 is 0 Å². The van der Waals surface area contributed by atoms with Crippen LogP contribution in [0.25, 0.3) is 0 Å². The van der Waals surface area contributed by atoms with Crippen molar-refractivity contribution in [2.75, 3.05) is 6.54 Å². The Hall–Kier alpha value is -2.03. The number of aromatic nitrogens is 1. The van der Waals surface area contributed by atoms with Gasteiger partial charge < -0.3 is 0 Å². The first-order chi connectivity index (χ1) is 8.84. The van der Waals surface area contributed by atoms with Gasteiger partial charge in [-0.15, -0.1) is 0 Å². The Morgan fingerprint density at radius 1 is 1.06 bits per heavy atom. The van der Waals surface area contributed by atoms with E-state index in [2.05, 4.69) is 9.98 Å². The van der Waals surface area contributed by atoms with Gasteiger partial charge in [-0.2, -0.15) is 0 Å². The normalized spacial score (nSPS) is 18.7. The zero-order chi connectivity index (χ0) is 12.4. The van der Waals surface area contributed by atoms with Gasteiger partial charge in [-0.05, 0) is 36.2 Å². The van der Waals surface area contributed by atoms with Gasteiger partial charge in [-0.1, -0.05) is 18.2 Å². The molecule has 18 heavy (non-hydrogen) atoms. The number of hydrogen-bond acceptors (Lipinski definition) is 2. The van der Waals surface area contributed by atoms with Crippen LogP contribution in [-0.2, 0) is 0 Å². The fourth-order valence-electron chi connectivity index (χ4n) is 2.35. The van der Waals surface area contributed by atoms with E-state index in [0.717, 1.165) is 29.9 Å². The molecule has 1 aromatic heterocycles. The molecule has 0 aliphatic carbocycles. The van der Waals surface area contributed by atoms with Crippen molar-refractivity contribution in [3.05, 3.63) is 65.7 Å². The van der Waals surface area contributed by atoms with E-state index in [9.17, 15) is 4.39 Å². The topological polar surface area (TPSA) is 25.2 Å². The highest BCUT2D eigenvalue weighted by molar-refractivity contribution is 6.04. The summed E-state index contributed by atoms with van der Waals surface area (Å²) in [7, 11) is 0. The fourth-order valence-corrected chi connectivity index (χ4v) is 2.35. The monoisotopic (exact) mass is 240 g/mol. The Bertz CT molecular complexity index is 561. The van der Waals surface area contributed by atoms with Crippen LogP contribution in [0.4, 0.5) is 4.39 Å². The Labute approximate surface area is 105 Å². The standard InChI is InChI=1S/C15H13FN2/c16-12-6-4-11(5-7-12)13-8-10-18-15(13)14-3-1-2-9-17-14/h1-7,9,13H,8,10H2. The van der Waals surface area contributed by atoms with Crippen molar-refractivity contribution in [2.45, 2.75) is 12.3 Å². The van der Waals surface area contributed by atoms with Crippen LogP contribution < -0.4 is 0 Å². The summed E-state index contributed by atoms with van der Waals surface area (Å²) in [5, 5.41) is 0. The lowest BCUT2D eigenvalue weighted by molar-refractivity contribution is 0.626. The summed E-state index contributed by atoms with van der Waals surface area (Å²) in [6, 6.07) is 12.5. The summed E-state index contributed by atoms with van der Waals surface area (Å²) in [5.41, 5.74) is 3.05. The number of rotatable bonds is 2. The molecule has 2 nitrogen and oxygen atoms in total. The van der Waals surface area contributed by atoms with Crippen molar-refractivity contribution in [3.8, 4) is 0 Å². The number of aliphatic imine (C=N–C) groups is 1. The maximum absolute atomic E-state index is 13.0. The Kier molecular flexibility index (Phi) is 2.89. The maximum atomic E-state index is 13.0. The van der Waals surface area contributed by atoms with E-state index in [1.807, 2.05) is 30.3 Å². The third kappa shape index (κ3) is 2.04. The van der Waals surface area contributed by atoms with Crippen molar-refractivity contribution in [2.24, 2.45) is 4.99 Å². The summed E-state index contributed by atoms with van der Waals surface area (Å²) in [5.74, 6) is 0.0357. The highest BCUT2D eigenvalue weighted by atomic mass is 19.1. The average Bonchev–Trinajstić information content (AvgIpc) is 2.90. The fraction of sp³-hybridized carbons (Fsp3) is 0.200. The zero-order valence-corrected chi connectivity index (χ0v) is 9.88. The molecule has 2 heterocycles. The molecule has 0 radical (unpaired) electrons. The highest BCUT2D eigenvalue weighted by Gasteiger charge is 2.24. The number of pyridine rings is 1. The van der Waals surface area contributed by atoms with Gasteiger partial charge in [-0.25, -0.2) is 4.39 Å². The molecule has 1 aliphatic heterocycles. The smallest absolute Gasteiger partial charge is 0.123 e. The second-order valence-corrected chi connectivity index (χ2v) is 4.37. The minimum Gasteiger partial charge on any atom is -0.287 e. The van der Waals surface area contributed by atoms with Crippen LogP contribution in [0.1, 0.15) is 23.6 Å². The van der Waals surface area contributed by atoms with Crippen LogP contribution in [0.5, 0.6) is 0 Å². The minimum atomic E-state index is -0.201. The van der Waals surface area contributed by atoms with Crippen molar-refractivity contribution in [1.29, 1.82) is 0 Å². The SMILES string of the molecule is Fc1ccc(C2CCN=C2c2ccccn2)cc1. The predicted octanol–water partition coefficient (Wildman–Crippen LogP) is 3.20. The first-order valence-corrected chi connectivity index (χ1v) is 6.06. The first-order valence-electron chi connectivity index (χ1n) is 6.06. The van der Waals surface area contributed by atoms with Crippen LogP contribution in [0.2, 0.25) is 0 Å². The number of benzene rings is 1. The predicted molar refractivity (Wildman–Crippen MR) is 69.4 cm³/mol. The molecule has 0 amide bonds. The van der Waals surface area contributed by atoms with Gasteiger partial charge >= 0.3 is 0 Å². The molecule has 0 saturated carbocycles. The summed E-state index contributed by atoms with van der Waals surface area (Å²) < 4.78 is 13.0. The van der Waals surface area contributed by atoms with Gasteiger partial charge in [0.15, 0.2) is 0 Å². The molecular weight excluding hydrogens is 227 g/mol. The molecule has 0 N–H and O–H groups in total. The minimum absolute atomic E-state index is 0.201. The second kappa shape index (κ2) is 4.69. The molecule has 0 fully saturated rings. The Morgan fingerprint density at radius 3 is 2.61 bits per heavy atom. The van der Waals surface area contributed by atoms with E-state index >= 15 is 0 Å². The van der Waals surface area contributed by atoms with E-state index in [1.165, 1.54) is 12.1 Å². The van der Waals surface area contributed by atoms with E-state index in [4.69, 9.17) is 0 Å².